The largest absolute Gasteiger partial charge is 0.353 e. The molecule has 1 rings (SSSR count). The van der Waals surface area contributed by atoms with Crippen molar-refractivity contribution in [1.82, 2.24) is 5.32 Å². The molecule has 0 aromatic rings. The van der Waals surface area contributed by atoms with Gasteiger partial charge in [0.2, 0.25) is 5.91 Å². The lowest BCUT2D eigenvalue weighted by molar-refractivity contribution is -0.121. The highest BCUT2D eigenvalue weighted by atomic mass is 32.2. The summed E-state index contributed by atoms with van der Waals surface area (Å²) in [4.78, 5) is 11.5. The number of hydrogen-bond donors (Lipinski definition) is 2. The summed E-state index contributed by atoms with van der Waals surface area (Å²) in [6, 6.07) is 0.422. The SMILES string of the molecule is NCCCCCC(=O)NC1CCCSC1. The molecule has 0 aromatic carbocycles. The van der Waals surface area contributed by atoms with Crippen molar-refractivity contribution in [2.24, 2.45) is 5.73 Å². The summed E-state index contributed by atoms with van der Waals surface area (Å²) in [6.07, 6.45) is 6.14. The molecule has 0 spiro atoms. The number of carbonyl (C=O) groups is 1. The summed E-state index contributed by atoms with van der Waals surface area (Å²) in [5, 5.41) is 3.10. The van der Waals surface area contributed by atoms with Gasteiger partial charge in [-0.15, -0.1) is 0 Å². The average molecular weight is 230 g/mol. The van der Waals surface area contributed by atoms with E-state index >= 15 is 0 Å². The van der Waals surface area contributed by atoms with Gasteiger partial charge in [-0.05, 0) is 38.0 Å². The minimum atomic E-state index is 0.222. The first-order valence-corrected chi connectivity index (χ1v) is 7.05. The normalized spacial score (nSPS) is 21.3. The van der Waals surface area contributed by atoms with E-state index in [1.54, 1.807) is 0 Å². The Balaban J connectivity index is 2.01. The van der Waals surface area contributed by atoms with Crippen LogP contribution in [-0.2, 0) is 4.79 Å². The van der Waals surface area contributed by atoms with E-state index < -0.39 is 0 Å². The van der Waals surface area contributed by atoms with Crippen LogP contribution < -0.4 is 11.1 Å². The maximum atomic E-state index is 11.5. The number of carbonyl (C=O) groups excluding carboxylic acids is 1. The third-order valence-electron chi connectivity index (χ3n) is 2.63. The van der Waals surface area contributed by atoms with Crippen LogP contribution in [0.4, 0.5) is 0 Å². The molecule has 88 valence electrons. The Morgan fingerprint density at radius 2 is 2.27 bits per heavy atom. The van der Waals surface area contributed by atoms with Gasteiger partial charge >= 0.3 is 0 Å². The monoisotopic (exact) mass is 230 g/mol. The number of nitrogens with two attached hydrogens (primary N) is 1. The van der Waals surface area contributed by atoms with Gasteiger partial charge in [0.05, 0.1) is 0 Å². The van der Waals surface area contributed by atoms with Gasteiger partial charge in [-0.1, -0.05) is 6.42 Å². The zero-order valence-corrected chi connectivity index (χ0v) is 10.2. The standard InChI is InChI=1S/C11H22N2OS/c12-7-3-1-2-6-11(14)13-10-5-4-8-15-9-10/h10H,1-9,12H2,(H,13,14). The van der Waals surface area contributed by atoms with E-state index in [1.807, 2.05) is 11.8 Å². The van der Waals surface area contributed by atoms with E-state index in [-0.39, 0.29) is 5.91 Å². The summed E-state index contributed by atoms with van der Waals surface area (Å²) in [5.74, 6) is 2.57. The molecule has 0 aliphatic carbocycles. The van der Waals surface area contributed by atoms with Crippen LogP contribution in [0.3, 0.4) is 0 Å². The zero-order chi connectivity index (χ0) is 10.9. The molecule has 3 nitrogen and oxygen atoms in total. The van der Waals surface area contributed by atoms with Crippen molar-refractivity contribution in [2.75, 3.05) is 18.1 Å². The lowest BCUT2D eigenvalue weighted by atomic mass is 10.1. The van der Waals surface area contributed by atoms with Gasteiger partial charge in [-0.3, -0.25) is 4.79 Å². The number of thioether (sulfide) groups is 1. The van der Waals surface area contributed by atoms with Crippen LogP contribution >= 0.6 is 11.8 Å². The quantitative estimate of drug-likeness (QED) is 0.680. The average Bonchev–Trinajstić information content (AvgIpc) is 2.26. The fourth-order valence-electron chi connectivity index (χ4n) is 1.76. The van der Waals surface area contributed by atoms with Crippen LogP contribution in [0.2, 0.25) is 0 Å². The molecular weight excluding hydrogens is 208 g/mol. The van der Waals surface area contributed by atoms with Gasteiger partial charge in [0.1, 0.15) is 0 Å². The second kappa shape index (κ2) is 7.99. The Labute approximate surface area is 96.6 Å². The summed E-state index contributed by atoms with van der Waals surface area (Å²) in [6.45, 7) is 0.737. The zero-order valence-electron chi connectivity index (χ0n) is 9.34. The minimum Gasteiger partial charge on any atom is -0.353 e. The van der Waals surface area contributed by atoms with Gasteiger partial charge in [0.15, 0.2) is 0 Å². The molecule has 1 saturated heterocycles. The number of hydrogen-bond acceptors (Lipinski definition) is 3. The van der Waals surface area contributed by atoms with Crippen LogP contribution in [-0.4, -0.2) is 30.0 Å². The molecule has 1 heterocycles. The number of unbranched alkanes of at least 4 members (excludes halogenated alkanes) is 2. The number of rotatable bonds is 6. The molecule has 1 aliphatic rings. The second-order valence-corrected chi connectivity index (χ2v) is 5.23. The smallest absolute Gasteiger partial charge is 0.220 e. The van der Waals surface area contributed by atoms with Gasteiger partial charge in [-0.2, -0.15) is 11.8 Å². The Kier molecular flexibility index (Phi) is 6.85. The molecule has 1 unspecified atom stereocenters. The van der Waals surface area contributed by atoms with Crippen molar-refractivity contribution in [1.29, 1.82) is 0 Å². The minimum absolute atomic E-state index is 0.222. The topological polar surface area (TPSA) is 55.1 Å². The van der Waals surface area contributed by atoms with E-state index in [4.69, 9.17) is 5.73 Å². The van der Waals surface area contributed by atoms with Crippen molar-refractivity contribution >= 4 is 17.7 Å². The molecule has 0 aromatic heterocycles. The van der Waals surface area contributed by atoms with Crippen molar-refractivity contribution < 1.29 is 4.79 Å². The molecule has 4 heteroatoms. The molecular formula is C11H22N2OS. The predicted octanol–water partition coefficient (Wildman–Crippen LogP) is 1.52. The molecule has 0 bridgehead atoms. The molecule has 1 fully saturated rings. The Morgan fingerprint density at radius 1 is 1.40 bits per heavy atom. The molecule has 3 N–H and O–H groups in total. The molecule has 15 heavy (non-hydrogen) atoms. The van der Waals surface area contributed by atoms with Gasteiger partial charge in [-0.25, -0.2) is 0 Å². The van der Waals surface area contributed by atoms with Crippen LogP contribution in [0.1, 0.15) is 38.5 Å². The highest BCUT2D eigenvalue weighted by Crippen LogP contribution is 2.16. The van der Waals surface area contributed by atoms with Crippen LogP contribution in [0, 0.1) is 0 Å². The van der Waals surface area contributed by atoms with E-state index in [9.17, 15) is 4.79 Å². The maximum Gasteiger partial charge on any atom is 0.220 e. The van der Waals surface area contributed by atoms with Crippen LogP contribution in [0.15, 0.2) is 0 Å². The Hall–Kier alpha value is -0.220. The van der Waals surface area contributed by atoms with E-state index in [1.165, 1.54) is 12.2 Å². The van der Waals surface area contributed by atoms with Gasteiger partial charge in [0, 0.05) is 18.2 Å². The Morgan fingerprint density at radius 3 is 2.93 bits per heavy atom. The molecule has 1 aliphatic heterocycles. The van der Waals surface area contributed by atoms with E-state index in [2.05, 4.69) is 5.32 Å². The van der Waals surface area contributed by atoms with Crippen molar-refractivity contribution in [3.05, 3.63) is 0 Å². The van der Waals surface area contributed by atoms with Gasteiger partial charge in [0.25, 0.3) is 0 Å². The number of nitrogens with one attached hydrogen (secondary N) is 1. The summed E-state index contributed by atoms with van der Waals surface area (Å²) in [7, 11) is 0. The molecule has 1 amide bonds. The molecule has 0 radical (unpaired) electrons. The molecule has 1 atom stereocenters. The molecule has 0 saturated carbocycles. The first kappa shape index (κ1) is 12.8. The first-order chi connectivity index (χ1) is 7.33. The fourth-order valence-corrected chi connectivity index (χ4v) is 2.83. The summed E-state index contributed by atoms with van der Waals surface area (Å²) >= 11 is 1.95. The highest BCUT2D eigenvalue weighted by Gasteiger charge is 2.15. The van der Waals surface area contributed by atoms with Crippen molar-refractivity contribution in [3.63, 3.8) is 0 Å². The van der Waals surface area contributed by atoms with Crippen molar-refractivity contribution in [3.8, 4) is 0 Å². The van der Waals surface area contributed by atoms with E-state index in [0.717, 1.165) is 38.0 Å². The summed E-state index contributed by atoms with van der Waals surface area (Å²) < 4.78 is 0. The Bertz CT molecular complexity index is 181. The third-order valence-corrected chi connectivity index (χ3v) is 3.85. The van der Waals surface area contributed by atoms with Crippen molar-refractivity contribution in [2.45, 2.75) is 44.6 Å². The lowest BCUT2D eigenvalue weighted by Crippen LogP contribution is -2.38. The fraction of sp³-hybridized carbons (Fsp3) is 0.909. The van der Waals surface area contributed by atoms with E-state index in [0.29, 0.717) is 12.5 Å². The third kappa shape index (κ3) is 6.05. The lowest BCUT2D eigenvalue weighted by Gasteiger charge is -2.22. The second-order valence-electron chi connectivity index (χ2n) is 4.08. The predicted molar refractivity (Wildman–Crippen MR) is 66.0 cm³/mol. The summed E-state index contributed by atoms with van der Waals surface area (Å²) in [5.41, 5.74) is 5.39. The first-order valence-electron chi connectivity index (χ1n) is 5.90. The maximum absolute atomic E-state index is 11.5. The van der Waals surface area contributed by atoms with Gasteiger partial charge < -0.3 is 11.1 Å². The highest BCUT2D eigenvalue weighted by molar-refractivity contribution is 7.99. The van der Waals surface area contributed by atoms with Crippen LogP contribution in [0.5, 0.6) is 0 Å². The number of amides is 1. The van der Waals surface area contributed by atoms with Crippen LogP contribution in [0.25, 0.3) is 0 Å².